The summed E-state index contributed by atoms with van der Waals surface area (Å²) in [4.78, 5) is 45.6. The number of nitriles is 1. The molecular formula is C21H18N6O4. The maximum Gasteiger partial charge on any atom is 0.270 e. The van der Waals surface area contributed by atoms with Crippen LogP contribution in [0.15, 0.2) is 30.5 Å². The van der Waals surface area contributed by atoms with E-state index in [4.69, 9.17) is 5.26 Å². The summed E-state index contributed by atoms with van der Waals surface area (Å²) in [6.07, 6.45) is 1.54. The smallest absolute Gasteiger partial charge is 0.270 e. The minimum Gasteiger partial charge on any atom is -0.327 e. The van der Waals surface area contributed by atoms with Gasteiger partial charge in [0.05, 0.1) is 22.6 Å². The lowest BCUT2D eigenvalue weighted by atomic mass is 9.97. The molecule has 1 aromatic carbocycles. The molecule has 3 aromatic rings. The Hall–Kier alpha value is -4.13. The highest BCUT2D eigenvalue weighted by Crippen LogP contribution is 2.30. The van der Waals surface area contributed by atoms with Crippen LogP contribution in [0, 0.1) is 26.9 Å². The van der Waals surface area contributed by atoms with Crippen LogP contribution in [0.2, 0.25) is 0 Å². The number of non-ortho nitro benzene ring substituents is 1. The summed E-state index contributed by atoms with van der Waals surface area (Å²) < 4.78 is 1.88. The highest BCUT2D eigenvalue weighted by molar-refractivity contribution is 6.21. The molecule has 0 aliphatic carbocycles. The summed E-state index contributed by atoms with van der Waals surface area (Å²) in [5, 5.41) is 20.9. The topological polar surface area (TPSA) is 135 Å². The van der Waals surface area contributed by atoms with Crippen LogP contribution < -0.4 is 0 Å². The first kappa shape index (κ1) is 20.2. The summed E-state index contributed by atoms with van der Waals surface area (Å²) in [5.41, 5.74) is 0.955. The molecule has 10 nitrogen and oxygen atoms in total. The molecule has 4 rings (SSSR count). The molecule has 0 saturated heterocycles. The Morgan fingerprint density at radius 2 is 1.87 bits per heavy atom. The van der Waals surface area contributed by atoms with Crippen molar-refractivity contribution in [2.75, 3.05) is 0 Å². The van der Waals surface area contributed by atoms with Gasteiger partial charge < -0.3 is 4.57 Å². The van der Waals surface area contributed by atoms with Crippen molar-refractivity contribution in [1.82, 2.24) is 19.4 Å². The molecule has 0 spiro atoms. The van der Waals surface area contributed by atoms with E-state index in [1.54, 1.807) is 6.07 Å². The Morgan fingerprint density at radius 3 is 2.52 bits per heavy atom. The molecule has 2 aromatic heterocycles. The van der Waals surface area contributed by atoms with Crippen molar-refractivity contribution in [2.45, 2.75) is 33.9 Å². The van der Waals surface area contributed by atoms with Crippen molar-refractivity contribution < 1.29 is 14.5 Å². The number of hydrogen-bond donors (Lipinski definition) is 0. The van der Waals surface area contributed by atoms with Crippen molar-refractivity contribution in [3.63, 3.8) is 0 Å². The Bertz CT molecular complexity index is 1310. The van der Waals surface area contributed by atoms with E-state index < -0.39 is 16.7 Å². The van der Waals surface area contributed by atoms with Crippen LogP contribution in [-0.4, -0.2) is 36.2 Å². The minimum atomic E-state index is -0.604. The van der Waals surface area contributed by atoms with Crippen LogP contribution in [0.5, 0.6) is 0 Å². The highest BCUT2D eigenvalue weighted by Gasteiger charge is 2.37. The van der Waals surface area contributed by atoms with Crippen LogP contribution in [0.25, 0.3) is 11.0 Å². The summed E-state index contributed by atoms with van der Waals surface area (Å²) in [5.74, 6) is -1.06. The average molecular weight is 418 g/mol. The van der Waals surface area contributed by atoms with Crippen LogP contribution in [0.4, 0.5) is 5.69 Å². The van der Waals surface area contributed by atoms with Crippen molar-refractivity contribution in [2.24, 2.45) is 5.41 Å². The fraction of sp³-hybridized carbons (Fsp3) is 0.286. The Balaban J connectivity index is 1.77. The van der Waals surface area contributed by atoms with Gasteiger partial charge in [-0.05, 0) is 17.5 Å². The van der Waals surface area contributed by atoms with Gasteiger partial charge in [0.2, 0.25) is 5.82 Å². The maximum atomic E-state index is 12.9. The molecule has 0 bridgehead atoms. The number of aromatic nitrogens is 3. The third-order valence-corrected chi connectivity index (χ3v) is 4.94. The van der Waals surface area contributed by atoms with E-state index in [9.17, 15) is 19.7 Å². The first-order valence-corrected chi connectivity index (χ1v) is 9.49. The number of hydrogen-bond acceptors (Lipinski definition) is 7. The van der Waals surface area contributed by atoms with E-state index in [-0.39, 0.29) is 34.6 Å². The van der Waals surface area contributed by atoms with Crippen molar-refractivity contribution >= 4 is 28.5 Å². The van der Waals surface area contributed by atoms with E-state index in [1.165, 1.54) is 18.3 Å². The molecule has 0 fully saturated rings. The second-order valence-corrected chi connectivity index (χ2v) is 8.55. The van der Waals surface area contributed by atoms with Gasteiger partial charge in [0.1, 0.15) is 11.7 Å². The van der Waals surface area contributed by atoms with E-state index in [1.807, 2.05) is 31.4 Å². The van der Waals surface area contributed by atoms with E-state index in [0.717, 1.165) is 11.0 Å². The molecule has 0 saturated carbocycles. The zero-order valence-corrected chi connectivity index (χ0v) is 17.1. The normalized spacial score (nSPS) is 13.5. The van der Waals surface area contributed by atoms with Gasteiger partial charge in [0, 0.05) is 36.0 Å². The Morgan fingerprint density at radius 1 is 1.16 bits per heavy atom. The summed E-state index contributed by atoms with van der Waals surface area (Å²) in [6, 6.07) is 7.36. The SMILES string of the molecule is CC(C)(C)Cn1c(CN2C(=O)c3ccc([N+](=O)[O-])cc3C2=O)cc2cnc(C#N)nc21. The second kappa shape index (κ2) is 6.98. The van der Waals surface area contributed by atoms with Gasteiger partial charge in [0.15, 0.2) is 0 Å². The summed E-state index contributed by atoms with van der Waals surface area (Å²) in [6.45, 7) is 6.61. The van der Waals surface area contributed by atoms with Gasteiger partial charge in [-0.1, -0.05) is 20.8 Å². The molecule has 3 heterocycles. The van der Waals surface area contributed by atoms with Crippen LogP contribution in [0.1, 0.15) is 53.0 Å². The van der Waals surface area contributed by atoms with Crippen LogP contribution in [0.3, 0.4) is 0 Å². The quantitative estimate of drug-likeness (QED) is 0.361. The molecule has 2 amide bonds. The number of fused-ring (bicyclic) bond motifs is 2. The number of nitro groups is 1. The molecule has 0 atom stereocenters. The largest absolute Gasteiger partial charge is 0.327 e. The van der Waals surface area contributed by atoms with Gasteiger partial charge >= 0.3 is 0 Å². The zero-order chi connectivity index (χ0) is 22.5. The van der Waals surface area contributed by atoms with Crippen molar-refractivity contribution in [3.05, 3.63) is 63.2 Å². The lowest BCUT2D eigenvalue weighted by molar-refractivity contribution is -0.384. The van der Waals surface area contributed by atoms with Gasteiger partial charge in [-0.2, -0.15) is 5.26 Å². The Labute approximate surface area is 176 Å². The number of rotatable bonds is 4. The molecular weight excluding hydrogens is 400 g/mol. The van der Waals surface area contributed by atoms with Gasteiger partial charge in [-0.25, -0.2) is 9.97 Å². The van der Waals surface area contributed by atoms with Gasteiger partial charge in [0.25, 0.3) is 17.5 Å². The average Bonchev–Trinajstić information content (AvgIpc) is 3.16. The van der Waals surface area contributed by atoms with Gasteiger partial charge in [-0.15, -0.1) is 0 Å². The number of carbonyl (C=O) groups excluding carboxylic acids is 2. The monoisotopic (exact) mass is 418 g/mol. The number of nitrogens with zero attached hydrogens (tertiary/aromatic N) is 6. The van der Waals surface area contributed by atoms with Crippen molar-refractivity contribution in [3.8, 4) is 6.07 Å². The molecule has 1 aliphatic heterocycles. The molecule has 31 heavy (non-hydrogen) atoms. The molecule has 0 radical (unpaired) electrons. The molecule has 0 N–H and O–H groups in total. The third kappa shape index (κ3) is 3.50. The lowest BCUT2D eigenvalue weighted by Gasteiger charge is -2.23. The molecule has 0 unspecified atom stereocenters. The summed E-state index contributed by atoms with van der Waals surface area (Å²) in [7, 11) is 0. The first-order valence-electron chi connectivity index (χ1n) is 9.49. The minimum absolute atomic E-state index is 0.0178. The fourth-order valence-electron chi connectivity index (χ4n) is 3.63. The van der Waals surface area contributed by atoms with Crippen molar-refractivity contribution in [1.29, 1.82) is 5.26 Å². The predicted molar refractivity (Wildman–Crippen MR) is 109 cm³/mol. The highest BCUT2D eigenvalue weighted by atomic mass is 16.6. The van der Waals surface area contributed by atoms with Gasteiger partial charge in [-0.3, -0.25) is 24.6 Å². The first-order chi connectivity index (χ1) is 14.6. The molecule has 10 heteroatoms. The van der Waals surface area contributed by atoms with Crippen LogP contribution >= 0.6 is 0 Å². The number of benzene rings is 1. The van der Waals surface area contributed by atoms with E-state index >= 15 is 0 Å². The van der Waals surface area contributed by atoms with E-state index in [0.29, 0.717) is 23.3 Å². The second-order valence-electron chi connectivity index (χ2n) is 8.55. The summed E-state index contributed by atoms with van der Waals surface area (Å²) >= 11 is 0. The Kier molecular flexibility index (Phi) is 4.54. The maximum absolute atomic E-state index is 12.9. The zero-order valence-electron chi connectivity index (χ0n) is 17.1. The van der Waals surface area contributed by atoms with E-state index in [2.05, 4.69) is 9.97 Å². The predicted octanol–water partition coefficient (Wildman–Crippen LogP) is 3.05. The number of carbonyl (C=O) groups is 2. The third-order valence-electron chi connectivity index (χ3n) is 4.94. The fourth-order valence-corrected chi connectivity index (χ4v) is 3.63. The van der Waals surface area contributed by atoms with Crippen LogP contribution in [-0.2, 0) is 13.1 Å². The number of amides is 2. The lowest BCUT2D eigenvalue weighted by Crippen LogP contribution is -2.30. The standard InChI is InChI=1S/C21H18N6O4/c1-21(2,3)11-26-14(6-12-9-23-17(8-22)24-18(12)26)10-25-19(28)15-5-4-13(27(30)31)7-16(15)20(25)29/h4-7,9H,10-11H2,1-3H3. The molecule has 156 valence electrons. The molecule has 1 aliphatic rings. The number of imide groups is 1. The number of nitro benzene ring substituents is 1.